The van der Waals surface area contributed by atoms with E-state index in [4.69, 9.17) is 4.74 Å². The van der Waals surface area contributed by atoms with Crippen molar-refractivity contribution in [3.8, 4) is 0 Å². The van der Waals surface area contributed by atoms with Gasteiger partial charge in [-0.05, 0) is 98.5 Å². The van der Waals surface area contributed by atoms with Gasteiger partial charge in [0.05, 0.1) is 12.2 Å². The highest BCUT2D eigenvalue weighted by Crippen LogP contribution is 2.60. The van der Waals surface area contributed by atoms with E-state index in [0.717, 1.165) is 37.7 Å². The molecule has 0 radical (unpaired) electrons. The number of carbonyl (C=O) groups is 1. The van der Waals surface area contributed by atoms with Crippen LogP contribution in [-0.4, -0.2) is 46.2 Å². The molecule has 1 heterocycles. The molecule has 0 spiro atoms. The lowest BCUT2D eigenvalue weighted by Crippen LogP contribution is -2.38. The van der Waals surface area contributed by atoms with Crippen molar-refractivity contribution < 1.29 is 24.9 Å². The Morgan fingerprint density at radius 3 is 2.62 bits per heavy atom. The molecular formula is C34H52O5. The third kappa shape index (κ3) is 6.16. The van der Waals surface area contributed by atoms with E-state index in [1.165, 1.54) is 31.3 Å². The maximum Gasteiger partial charge on any atom is 0.334 e. The molecule has 0 bridgehead atoms. The standard InChI is InChI=1S/C34H52O5/c1-6-7-11-26-23(4)33(38)39-31(26)19-21(2)28-15-16-29-24(10-8-17-34(28,29)5)13-14-25-20-30(36)27(12-9-18-35)32(37)22(25)3/h13-14,21,26-32,35-37H,3-4,6-12,15-20H2,1-2,5H3/t21-,26+,27+,28-,29+,30-,31+,32-,34-/m1/s1. The van der Waals surface area contributed by atoms with E-state index in [9.17, 15) is 20.1 Å². The van der Waals surface area contributed by atoms with Gasteiger partial charge in [-0.15, -0.1) is 0 Å². The average molecular weight is 541 g/mol. The zero-order valence-corrected chi connectivity index (χ0v) is 24.5. The Bertz CT molecular complexity index is 978. The minimum atomic E-state index is -0.764. The zero-order valence-electron chi connectivity index (χ0n) is 24.5. The highest BCUT2D eigenvalue weighted by Gasteiger charge is 2.51. The van der Waals surface area contributed by atoms with E-state index in [1.54, 1.807) is 0 Å². The van der Waals surface area contributed by atoms with E-state index in [2.05, 4.69) is 46.1 Å². The number of hydrogen-bond donors (Lipinski definition) is 3. The van der Waals surface area contributed by atoms with E-state index in [0.29, 0.717) is 48.2 Å². The van der Waals surface area contributed by atoms with Crippen molar-refractivity contribution >= 4 is 5.97 Å². The van der Waals surface area contributed by atoms with Crippen LogP contribution in [0, 0.1) is 35.0 Å². The van der Waals surface area contributed by atoms with Crippen LogP contribution in [0.25, 0.3) is 0 Å². The fourth-order valence-corrected chi connectivity index (χ4v) is 8.64. The van der Waals surface area contributed by atoms with Gasteiger partial charge in [-0.1, -0.05) is 64.5 Å². The molecule has 1 aliphatic heterocycles. The van der Waals surface area contributed by atoms with Crippen LogP contribution in [0.5, 0.6) is 0 Å². The van der Waals surface area contributed by atoms with Crippen LogP contribution in [0.3, 0.4) is 0 Å². The monoisotopic (exact) mass is 540 g/mol. The van der Waals surface area contributed by atoms with Crippen molar-refractivity contribution in [2.75, 3.05) is 6.61 Å². The Hall–Kier alpha value is -1.69. The second-order valence-electron chi connectivity index (χ2n) is 13.2. The molecule has 218 valence electrons. The minimum absolute atomic E-state index is 0.0334. The van der Waals surface area contributed by atoms with Gasteiger partial charge in [0.15, 0.2) is 0 Å². The quantitative estimate of drug-likeness (QED) is 0.219. The Labute approximate surface area is 236 Å². The number of aliphatic hydroxyl groups excluding tert-OH is 3. The molecule has 0 amide bonds. The van der Waals surface area contributed by atoms with Crippen LogP contribution < -0.4 is 0 Å². The Morgan fingerprint density at radius 2 is 1.90 bits per heavy atom. The number of rotatable bonds is 10. The maximum absolute atomic E-state index is 12.3. The molecule has 5 nitrogen and oxygen atoms in total. The number of aliphatic hydroxyl groups is 3. The summed E-state index contributed by atoms with van der Waals surface area (Å²) in [6, 6.07) is 0. The summed E-state index contributed by atoms with van der Waals surface area (Å²) in [7, 11) is 0. The molecule has 0 aromatic heterocycles. The van der Waals surface area contributed by atoms with E-state index in [1.807, 2.05) is 0 Å². The average Bonchev–Trinajstić information content (AvgIpc) is 3.39. The number of fused-ring (bicyclic) bond motifs is 1. The van der Waals surface area contributed by atoms with Gasteiger partial charge in [0.1, 0.15) is 6.10 Å². The Morgan fingerprint density at radius 1 is 1.13 bits per heavy atom. The summed E-state index contributed by atoms with van der Waals surface area (Å²) in [5.74, 6) is 1.32. The van der Waals surface area contributed by atoms with Gasteiger partial charge >= 0.3 is 5.97 Å². The first-order chi connectivity index (χ1) is 18.6. The highest BCUT2D eigenvalue weighted by molar-refractivity contribution is 5.90. The fourth-order valence-electron chi connectivity index (χ4n) is 8.64. The molecule has 1 saturated heterocycles. The third-order valence-electron chi connectivity index (χ3n) is 10.9. The van der Waals surface area contributed by atoms with Crippen molar-refractivity contribution in [2.24, 2.45) is 35.0 Å². The number of cyclic esters (lactones) is 1. The molecule has 0 aromatic rings. The van der Waals surface area contributed by atoms with E-state index in [-0.39, 0.29) is 35.9 Å². The summed E-state index contributed by atoms with van der Waals surface area (Å²) < 4.78 is 5.85. The lowest BCUT2D eigenvalue weighted by molar-refractivity contribution is -0.140. The minimum Gasteiger partial charge on any atom is -0.458 e. The summed E-state index contributed by atoms with van der Waals surface area (Å²) in [4.78, 5) is 12.3. The van der Waals surface area contributed by atoms with Gasteiger partial charge in [0.2, 0.25) is 0 Å². The molecule has 3 N–H and O–H groups in total. The van der Waals surface area contributed by atoms with E-state index >= 15 is 0 Å². The third-order valence-corrected chi connectivity index (χ3v) is 10.9. The molecule has 3 aliphatic carbocycles. The van der Waals surface area contributed by atoms with Gasteiger partial charge in [-0.25, -0.2) is 4.79 Å². The zero-order chi connectivity index (χ0) is 28.3. The van der Waals surface area contributed by atoms with Gasteiger partial charge in [0, 0.05) is 24.0 Å². The van der Waals surface area contributed by atoms with Crippen molar-refractivity contribution in [3.05, 3.63) is 47.6 Å². The fraction of sp³-hybridized carbons (Fsp3) is 0.735. The molecule has 9 atom stereocenters. The summed E-state index contributed by atoms with van der Waals surface area (Å²) >= 11 is 0. The highest BCUT2D eigenvalue weighted by atomic mass is 16.6. The number of esters is 1. The summed E-state index contributed by atoms with van der Waals surface area (Å²) in [5.41, 5.74) is 4.05. The van der Waals surface area contributed by atoms with Crippen molar-refractivity contribution in [2.45, 2.75) is 116 Å². The second-order valence-corrected chi connectivity index (χ2v) is 13.2. The number of allylic oxidation sites excluding steroid dienone is 3. The van der Waals surface area contributed by atoms with Crippen molar-refractivity contribution in [1.29, 1.82) is 0 Å². The van der Waals surface area contributed by atoms with Gasteiger partial charge in [-0.3, -0.25) is 0 Å². The second kappa shape index (κ2) is 12.9. The van der Waals surface area contributed by atoms with Crippen LogP contribution in [0.2, 0.25) is 0 Å². The van der Waals surface area contributed by atoms with E-state index < -0.39 is 12.2 Å². The first-order valence-electron chi connectivity index (χ1n) is 15.6. The SMILES string of the molecule is C=C1C(=CC=C2CCC[C@]3(C)[C@@H]([C@H](C)C[C@@H]4OC(=O)C(=C)[C@@H]4CCCC)CC[C@@H]23)C[C@@H](O)[C@H](CCCO)[C@@H]1O. The molecule has 3 saturated carbocycles. The molecule has 39 heavy (non-hydrogen) atoms. The molecule has 5 heteroatoms. The smallest absolute Gasteiger partial charge is 0.334 e. The summed E-state index contributed by atoms with van der Waals surface area (Å²) in [6.45, 7) is 15.3. The number of carbonyl (C=O) groups excluding carboxylic acids is 1. The topological polar surface area (TPSA) is 87.0 Å². The van der Waals surface area contributed by atoms with Crippen LogP contribution in [0.15, 0.2) is 47.6 Å². The van der Waals surface area contributed by atoms with Gasteiger partial charge in [0.25, 0.3) is 0 Å². The molecule has 0 unspecified atom stereocenters. The Kier molecular flexibility index (Phi) is 9.99. The summed E-state index contributed by atoms with van der Waals surface area (Å²) in [5, 5.41) is 30.7. The maximum atomic E-state index is 12.3. The van der Waals surface area contributed by atoms with Crippen molar-refractivity contribution in [1.82, 2.24) is 0 Å². The van der Waals surface area contributed by atoms with Crippen LogP contribution in [-0.2, 0) is 9.53 Å². The van der Waals surface area contributed by atoms with Gasteiger partial charge < -0.3 is 20.1 Å². The molecule has 0 aromatic carbocycles. The molecule has 4 aliphatic rings. The predicted molar refractivity (Wildman–Crippen MR) is 156 cm³/mol. The molecule has 4 rings (SSSR count). The molecule has 4 fully saturated rings. The predicted octanol–water partition coefficient (Wildman–Crippen LogP) is 6.44. The normalized spacial score (nSPS) is 39.8. The lowest BCUT2D eigenvalue weighted by atomic mass is 9.60. The largest absolute Gasteiger partial charge is 0.458 e. The summed E-state index contributed by atoms with van der Waals surface area (Å²) in [6.07, 6.45) is 14.7. The number of unbranched alkanes of at least 4 members (excludes halogenated alkanes) is 1. The number of hydrogen-bond acceptors (Lipinski definition) is 5. The van der Waals surface area contributed by atoms with Crippen LogP contribution >= 0.6 is 0 Å². The van der Waals surface area contributed by atoms with Gasteiger partial charge in [-0.2, -0.15) is 0 Å². The first-order valence-corrected chi connectivity index (χ1v) is 15.6. The Balaban J connectivity index is 1.45. The van der Waals surface area contributed by atoms with Crippen LogP contribution in [0.1, 0.15) is 97.8 Å². The molecular weight excluding hydrogens is 488 g/mol. The van der Waals surface area contributed by atoms with Crippen LogP contribution in [0.4, 0.5) is 0 Å². The number of ether oxygens (including phenoxy) is 1. The van der Waals surface area contributed by atoms with Crippen molar-refractivity contribution in [3.63, 3.8) is 0 Å². The lowest BCUT2D eigenvalue weighted by Gasteiger charge is -2.45. The first kappa shape index (κ1) is 30.3.